The number of piperidine rings is 1. The van der Waals surface area contributed by atoms with E-state index in [2.05, 4.69) is 4.90 Å². The lowest BCUT2D eigenvalue weighted by Crippen LogP contribution is -2.51. The number of benzene rings is 1. The molecule has 0 bridgehead atoms. The van der Waals surface area contributed by atoms with Crippen LogP contribution in [0.5, 0.6) is 0 Å². The van der Waals surface area contributed by atoms with E-state index in [1.165, 1.54) is 6.42 Å². The van der Waals surface area contributed by atoms with Crippen LogP contribution in [0, 0.1) is 0 Å². The molecule has 0 N–H and O–H groups in total. The molecule has 3 fully saturated rings. The van der Waals surface area contributed by atoms with Gasteiger partial charge in [-0.25, -0.2) is 0 Å². The quantitative estimate of drug-likeness (QED) is 0.678. The molecule has 7 heteroatoms. The van der Waals surface area contributed by atoms with E-state index in [-0.39, 0.29) is 17.7 Å². The van der Waals surface area contributed by atoms with Gasteiger partial charge in [0.15, 0.2) is 0 Å². The lowest BCUT2D eigenvalue weighted by atomic mass is 10.1. The van der Waals surface area contributed by atoms with E-state index in [1.807, 2.05) is 45.0 Å². The Morgan fingerprint density at radius 2 is 1.52 bits per heavy atom. The number of anilines is 1. The Labute approximate surface area is 184 Å². The van der Waals surface area contributed by atoms with Crippen molar-refractivity contribution in [3.63, 3.8) is 0 Å². The molecule has 1 aromatic carbocycles. The molecule has 3 saturated heterocycles. The summed E-state index contributed by atoms with van der Waals surface area (Å²) in [5, 5.41) is 0. The summed E-state index contributed by atoms with van der Waals surface area (Å²) in [7, 11) is 0. The van der Waals surface area contributed by atoms with Gasteiger partial charge in [-0.3, -0.25) is 19.3 Å². The molecule has 4 rings (SSSR count). The zero-order chi connectivity index (χ0) is 21.6. The van der Waals surface area contributed by atoms with E-state index < -0.39 is 0 Å². The summed E-state index contributed by atoms with van der Waals surface area (Å²) in [4.78, 5) is 44.6. The number of carbonyl (C=O) groups excluding carboxylic acids is 3. The van der Waals surface area contributed by atoms with Crippen LogP contribution in [-0.4, -0.2) is 84.8 Å². The second-order valence-corrected chi connectivity index (χ2v) is 8.62. The van der Waals surface area contributed by atoms with Crippen LogP contribution in [0.4, 0.5) is 5.69 Å². The molecule has 0 radical (unpaired) electrons. The van der Waals surface area contributed by atoms with Gasteiger partial charge < -0.3 is 14.7 Å². The fourth-order valence-corrected chi connectivity index (χ4v) is 4.52. The third-order valence-electron chi connectivity index (χ3n) is 6.45. The molecule has 0 spiro atoms. The van der Waals surface area contributed by atoms with Crippen molar-refractivity contribution in [3.8, 4) is 0 Å². The van der Waals surface area contributed by atoms with Gasteiger partial charge in [-0.2, -0.15) is 0 Å². The van der Waals surface area contributed by atoms with Gasteiger partial charge in [0, 0.05) is 64.0 Å². The lowest BCUT2D eigenvalue weighted by molar-refractivity contribution is -0.134. The minimum atomic E-state index is 0.000745. The Morgan fingerprint density at radius 3 is 2.16 bits per heavy atom. The molecular weight excluding hydrogens is 392 g/mol. The number of hydrogen-bond acceptors (Lipinski definition) is 4. The van der Waals surface area contributed by atoms with E-state index in [9.17, 15) is 14.4 Å². The van der Waals surface area contributed by atoms with Crippen LogP contribution >= 0.6 is 0 Å². The number of piperazine rings is 1. The van der Waals surface area contributed by atoms with Crippen LogP contribution in [0.25, 0.3) is 6.08 Å². The predicted molar refractivity (Wildman–Crippen MR) is 121 cm³/mol. The van der Waals surface area contributed by atoms with E-state index in [0.717, 1.165) is 63.2 Å². The molecule has 3 aliphatic heterocycles. The molecule has 166 valence electrons. The van der Waals surface area contributed by atoms with Gasteiger partial charge in [0.05, 0.1) is 6.54 Å². The molecular formula is C24H32N4O3. The number of amides is 3. The molecule has 0 aliphatic carbocycles. The molecule has 3 aliphatic rings. The Balaban J connectivity index is 1.23. The number of nitrogens with zero attached hydrogens (tertiary/aromatic N) is 4. The van der Waals surface area contributed by atoms with Crippen LogP contribution in [0.2, 0.25) is 0 Å². The zero-order valence-corrected chi connectivity index (χ0v) is 18.2. The van der Waals surface area contributed by atoms with Crippen molar-refractivity contribution in [1.29, 1.82) is 0 Å². The van der Waals surface area contributed by atoms with Crippen LogP contribution in [-0.2, 0) is 14.4 Å². The van der Waals surface area contributed by atoms with E-state index >= 15 is 0 Å². The molecule has 0 atom stereocenters. The largest absolute Gasteiger partial charge is 0.342 e. The fraction of sp³-hybridized carbons (Fsp3) is 0.542. The van der Waals surface area contributed by atoms with Crippen LogP contribution in [0.15, 0.2) is 30.3 Å². The van der Waals surface area contributed by atoms with Crippen molar-refractivity contribution in [2.24, 2.45) is 0 Å². The fourth-order valence-electron chi connectivity index (χ4n) is 4.52. The minimum Gasteiger partial charge on any atom is -0.342 e. The summed E-state index contributed by atoms with van der Waals surface area (Å²) in [5.41, 5.74) is 1.86. The van der Waals surface area contributed by atoms with Gasteiger partial charge >= 0.3 is 0 Å². The maximum Gasteiger partial charge on any atom is 0.246 e. The first-order valence-electron chi connectivity index (χ1n) is 11.5. The third-order valence-corrected chi connectivity index (χ3v) is 6.45. The monoisotopic (exact) mass is 424 g/mol. The first-order chi connectivity index (χ1) is 15.1. The van der Waals surface area contributed by atoms with Crippen LogP contribution in [0.1, 0.15) is 37.7 Å². The molecule has 3 heterocycles. The predicted octanol–water partition coefficient (Wildman–Crippen LogP) is 1.98. The number of rotatable bonds is 5. The van der Waals surface area contributed by atoms with Crippen LogP contribution < -0.4 is 4.90 Å². The van der Waals surface area contributed by atoms with Gasteiger partial charge in [-0.05, 0) is 49.5 Å². The molecule has 0 aromatic heterocycles. The highest BCUT2D eigenvalue weighted by Gasteiger charge is 2.24. The average molecular weight is 425 g/mol. The van der Waals surface area contributed by atoms with Gasteiger partial charge in [0.1, 0.15) is 0 Å². The topological polar surface area (TPSA) is 64.2 Å². The van der Waals surface area contributed by atoms with E-state index in [4.69, 9.17) is 0 Å². The van der Waals surface area contributed by atoms with Crippen molar-refractivity contribution in [2.75, 3.05) is 57.3 Å². The normalized spacial score (nSPS) is 20.6. The Morgan fingerprint density at radius 1 is 0.806 bits per heavy atom. The Bertz CT molecular complexity index is 822. The van der Waals surface area contributed by atoms with Crippen LogP contribution in [0.3, 0.4) is 0 Å². The second-order valence-electron chi connectivity index (χ2n) is 8.62. The maximum absolute atomic E-state index is 12.6. The zero-order valence-electron chi connectivity index (χ0n) is 18.2. The highest BCUT2D eigenvalue weighted by atomic mass is 16.2. The summed E-state index contributed by atoms with van der Waals surface area (Å²) in [5.74, 6) is 0.398. The highest BCUT2D eigenvalue weighted by molar-refractivity contribution is 5.95. The molecule has 0 unspecified atom stereocenters. The number of hydrogen-bond donors (Lipinski definition) is 0. The summed E-state index contributed by atoms with van der Waals surface area (Å²) >= 11 is 0. The van der Waals surface area contributed by atoms with E-state index in [1.54, 1.807) is 6.08 Å². The molecule has 3 amide bonds. The van der Waals surface area contributed by atoms with Gasteiger partial charge in [0.2, 0.25) is 17.7 Å². The Hall–Kier alpha value is -2.67. The average Bonchev–Trinajstić information content (AvgIpc) is 3.24. The van der Waals surface area contributed by atoms with Gasteiger partial charge in [-0.15, -0.1) is 0 Å². The van der Waals surface area contributed by atoms with Crippen molar-refractivity contribution in [1.82, 2.24) is 14.7 Å². The third kappa shape index (κ3) is 5.53. The summed E-state index contributed by atoms with van der Waals surface area (Å²) in [6.07, 6.45) is 8.42. The van der Waals surface area contributed by atoms with Crippen molar-refractivity contribution in [3.05, 3.63) is 35.9 Å². The molecule has 1 aromatic rings. The van der Waals surface area contributed by atoms with Gasteiger partial charge in [-0.1, -0.05) is 12.1 Å². The number of carbonyl (C=O) groups is 3. The first kappa shape index (κ1) is 21.6. The van der Waals surface area contributed by atoms with Crippen molar-refractivity contribution < 1.29 is 14.4 Å². The first-order valence-corrected chi connectivity index (χ1v) is 11.5. The molecule has 31 heavy (non-hydrogen) atoms. The molecule has 7 nitrogen and oxygen atoms in total. The second kappa shape index (κ2) is 10.1. The standard InChI is InChI=1S/C24H32N4O3/c29-22(11-8-20-6-9-21(10-7-20)28-14-4-5-23(28)30)27-17-15-25(16-18-27)19-24(31)26-12-2-1-3-13-26/h6-11H,1-5,12-19H2/b11-8+. The summed E-state index contributed by atoms with van der Waals surface area (Å²) < 4.78 is 0. The van der Waals surface area contributed by atoms with Crippen molar-refractivity contribution in [2.45, 2.75) is 32.1 Å². The minimum absolute atomic E-state index is 0.000745. The highest BCUT2D eigenvalue weighted by Crippen LogP contribution is 2.22. The summed E-state index contributed by atoms with van der Waals surface area (Å²) in [6.45, 7) is 5.77. The smallest absolute Gasteiger partial charge is 0.246 e. The Kier molecular flexibility index (Phi) is 7.02. The lowest BCUT2D eigenvalue weighted by Gasteiger charge is -2.35. The van der Waals surface area contributed by atoms with E-state index in [0.29, 0.717) is 26.1 Å². The SMILES string of the molecule is O=C(/C=C/c1ccc(N2CCCC2=O)cc1)N1CCN(CC(=O)N2CCCCC2)CC1. The van der Waals surface area contributed by atoms with Gasteiger partial charge in [0.25, 0.3) is 0 Å². The maximum atomic E-state index is 12.6. The number of likely N-dealkylation sites (tertiary alicyclic amines) is 1. The van der Waals surface area contributed by atoms with Crippen molar-refractivity contribution >= 4 is 29.5 Å². The summed E-state index contributed by atoms with van der Waals surface area (Å²) in [6, 6.07) is 7.75. The molecule has 0 saturated carbocycles.